The summed E-state index contributed by atoms with van der Waals surface area (Å²) in [4.78, 5) is 37.2. The summed E-state index contributed by atoms with van der Waals surface area (Å²) in [6, 6.07) is 14.0. The highest BCUT2D eigenvalue weighted by Gasteiger charge is 2.68. The van der Waals surface area contributed by atoms with E-state index < -0.39 is 17.1 Å². The molecule has 2 aliphatic heterocycles. The number of fused-ring (bicyclic) bond motifs is 3. The Kier molecular flexibility index (Phi) is 5.44. The minimum absolute atomic E-state index is 0.0254. The number of aliphatic imine (C=N–C) groups is 1. The zero-order valence-electron chi connectivity index (χ0n) is 22.1. The van der Waals surface area contributed by atoms with Gasteiger partial charge in [0.1, 0.15) is 11.4 Å². The molecule has 0 saturated heterocycles. The van der Waals surface area contributed by atoms with Gasteiger partial charge in [0.15, 0.2) is 0 Å². The van der Waals surface area contributed by atoms with Crippen LogP contribution in [0.3, 0.4) is 0 Å². The highest BCUT2D eigenvalue weighted by Crippen LogP contribution is 2.66. The number of hydrogen-bond acceptors (Lipinski definition) is 6. The molecule has 3 heterocycles. The number of hydrogen-bond donors (Lipinski definition) is 1. The Labute approximate surface area is 226 Å². The number of carbonyl (C=O) groups excluding carboxylic acids is 2. The topological polar surface area (TPSA) is 83.9 Å². The fourth-order valence-electron chi connectivity index (χ4n) is 5.63. The van der Waals surface area contributed by atoms with Crippen LogP contribution in [0.1, 0.15) is 66.6 Å². The maximum Gasteiger partial charge on any atom is 0.421 e. The summed E-state index contributed by atoms with van der Waals surface area (Å²) in [6.07, 6.45) is 1.65. The summed E-state index contributed by atoms with van der Waals surface area (Å²) in [5, 5.41) is 3.88. The highest BCUT2D eigenvalue weighted by molar-refractivity contribution is 6.34. The number of aryl methyl sites for hydroxylation is 2. The summed E-state index contributed by atoms with van der Waals surface area (Å²) >= 11 is 6.33. The molecule has 1 fully saturated rings. The smallest absolute Gasteiger partial charge is 0.421 e. The molecule has 0 unspecified atom stereocenters. The lowest BCUT2D eigenvalue weighted by molar-refractivity contribution is -0.120. The van der Waals surface area contributed by atoms with Crippen LogP contribution >= 0.6 is 11.6 Å². The van der Waals surface area contributed by atoms with Crippen LogP contribution < -0.4 is 10.2 Å². The van der Waals surface area contributed by atoms with E-state index in [4.69, 9.17) is 21.3 Å². The number of amidine groups is 1. The van der Waals surface area contributed by atoms with Gasteiger partial charge in [-0.3, -0.25) is 14.8 Å². The first-order valence-electron chi connectivity index (χ1n) is 12.7. The zero-order valence-corrected chi connectivity index (χ0v) is 22.8. The first kappa shape index (κ1) is 24.6. The third kappa shape index (κ3) is 3.88. The number of ether oxygens (including phenoxy) is 1. The number of anilines is 2. The number of benzene rings is 2. The van der Waals surface area contributed by atoms with Crippen molar-refractivity contribution in [2.24, 2.45) is 4.99 Å². The molecule has 3 aromatic rings. The number of rotatable bonds is 2. The zero-order chi connectivity index (χ0) is 27.0. The second-order valence-corrected chi connectivity index (χ2v) is 11.8. The molecule has 7 nitrogen and oxygen atoms in total. The number of carbonyl (C=O) groups is 2. The summed E-state index contributed by atoms with van der Waals surface area (Å²) in [7, 11) is 0. The molecule has 0 radical (unpaired) electrons. The van der Waals surface area contributed by atoms with E-state index in [0.717, 1.165) is 45.0 Å². The number of amides is 2. The van der Waals surface area contributed by atoms with Gasteiger partial charge in [-0.05, 0) is 69.9 Å². The van der Waals surface area contributed by atoms with Gasteiger partial charge in [-0.15, -0.1) is 0 Å². The number of aromatic nitrogens is 1. The van der Waals surface area contributed by atoms with Gasteiger partial charge in [0.05, 0.1) is 28.4 Å². The third-order valence-electron chi connectivity index (χ3n) is 7.43. The Hall–Kier alpha value is -3.71. The van der Waals surface area contributed by atoms with Gasteiger partial charge < -0.3 is 10.1 Å². The minimum atomic E-state index is -0.755. The molecule has 1 aromatic heterocycles. The maximum atomic E-state index is 13.9. The number of halogens is 1. The third-order valence-corrected chi connectivity index (χ3v) is 7.74. The molecule has 1 saturated carbocycles. The van der Waals surface area contributed by atoms with E-state index in [1.165, 1.54) is 4.90 Å². The van der Waals surface area contributed by atoms with Crippen molar-refractivity contribution in [3.8, 4) is 0 Å². The Morgan fingerprint density at radius 2 is 1.95 bits per heavy atom. The van der Waals surface area contributed by atoms with Crippen molar-refractivity contribution < 1.29 is 14.3 Å². The first-order valence-corrected chi connectivity index (χ1v) is 13.1. The molecule has 2 amide bonds. The molecule has 2 aromatic carbocycles. The average molecular weight is 529 g/mol. The Balaban J connectivity index is 1.30. The fraction of sp³-hybridized carbons (Fsp3) is 0.333. The molecular weight excluding hydrogens is 500 g/mol. The maximum absolute atomic E-state index is 13.9. The lowest BCUT2D eigenvalue weighted by Gasteiger charge is -2.24. The van der Waals surface area contributed by atoms with E-state index in [1.807, 2.05) is 38.1 Å². The molecule has 2 atom stereocenters. The molecule has 6 rings (SSSR count). The quantitative estimate of drug-likeness (QED) is 0.414. The predicted molar refractivity (Wildman–Crippen MR) is 148 cm³/mol. The van der Waals surface area contributed by atoms with Crippen LogP contribution in [0.15, 0.2) is 53.7 Å². The number of nitrogens with one attached hydrogen (secondary N) is 1. The molecule has 3 aliphatic rings. The van der Waals surface area contributed by atoms with Crippen molar-refractivity contribution in [2.45, 2.75) is 64.5 Å². The van der Waals surface area contributed by atoms with Crippen molar-refractivity contribution in [1.29, 1.82) is 0 Å². The molecular formula is C30H29ClN4O3. The largest absolute Gasteiger partial charge is 0.443 e. The lowest BCUT2D eigenvalue weighted by atomic mass is 9.90. The average Bonchev–Trinajstić information content (AvgIpc) is 3.41. The van der Waals surface area contributed by atoms with Crippen LogP contribution in [-0.4, -0.2) is 28.4 Å². The number of nitrogens with zero attached hydrogens (tertiary/aromatic N) is 3. The Morgan fingerprint density at radius 3 is 2.71 bits per heavy atom. The van der Waals surface area contributed by atoms with Gasteiger partial charge in [-0.2, -0.15) is 0 Å². The summed E-state index contributed by atoms with van der Waals surface area (Å²) in [5.41, 5.74) is 5.93. The van der Waals surface area contributed by atoms with E-state index in [1.54, 1.807) is 27.0 Å². The van der Waals surface area contributed by atoms with Crippen molar-refractivity contribution in [1.82, 2.24) is 4.98 Å². The van der Waals surface area contributed by atoms with Crippen molar-refractivity contribution in [3.05, 3.63) is 87.2 Å². The second-order valence-electron chi connectivity index (χ2n) is 11.4. The number of pyridine rings is 1. The van der Waals surface area contributed by atoms with Crippen LogP contribution in [0, 0.1) is 13.8 Å². The van der Waals surface area contributed by atoms with Crippen molar-refractivity contribution in [2.75, 3.05) is 10.2 Å². The Morgan fingerprint density at radius 1 is 1.16 bits per heavy atom. The molecule has 1 aliphatic carbocycles. The normalized spacial score (nSPS) is 21.3. The van der Waals surface area contributed by atoms with E-state index in [0.29, 0.717) is 23.7 Å². The van der Waals surface area contributed by atoms with Crippen LogP contribution in [0.25, 0.3) is 0 Å². The fourth-order valence-corrected chi connectivity index (χ4v) is 5.78. The van der Waals surface area contributed by atoms with Crippen molar-refractivity contribution >= 4 is 40.8 Å². The predicted octanol–water partition coefficient (Wildman–Crippen LogP) is 6.43. The van der Waals surface area contributed by atoms with Gasteiger partial charge >= 0.3 is 6.09 Å². The Bertz CT molecular complexity index is 1560. The van der Waals surface area contributed by atoms with Gasteiger partial charge in [0.2, 0.25) is 5.91 Å². The molecule has 0 bridgehead atoms. The van der Waals surface area contributed by atoms with Crippen LogP contribution in [-0.2, 0) is 21.5 Å². The summed E-state index contributed by atoms with van der Waals surface area (Å²) in [5.74, 6) is 0.528. The summed E-state index contributed by atoms with van der Waals surface area (Å²) < 4.78 is 5.61. The van der Waals surface area contributed by atoms with Gasteiger partial charge in [-0.25, -0.2) is 9.69 Å². The number of imide groups is 1. The van der Waals surface area contributed by atoms with Crippen LogP contribution in [0.2, 0.25) is 5.02 Å². The SMILES string of the molecule is Cc1ccc2c(c1)[C@]1(C[C@H]1c1ccc3c(c1)CN=C3Nc1cc(C)ncc1Cl)C(=O)N2C(=O)OC(C)(C)C. The van der Waals surface area contributed by atoms with Gasteiger partial charge in [0, 0.05) is 23.4 Å². The molecule has 1 spiro atoms. The van der Waals surface area contributed by atoms with Gasteiger partial charge in [0.25, 0.3) is 0 Å². The molecule has 8 heteroatoms. The highest BCUT2D eigenvalue weighted by atomic mass is 35.5. The van der Waals surface area contributed by atoms with E-state index in [2.05, 4.69) is 28.5 Å². The molecule has 194 valence electrons. The van der Waals surface area contributed by atoms with Crippen LogP contribution in [0.5, 0.6) is 0 Å². The monoisotopic (exact) mass is 528 g/mol. The molecule has 38 heavy (non-hydrogen) atoms. The van der Waals surface area contributed by atoms with E-state index in [-0.39, 0.29) is 11.8 Å². The van der Waals surface area contributed by atoms with Crippen molar-refractivity contribution in [3.63, 3.8) is 0 Å². The minimum Gasteiger partial charge on any atom is -0.443 e. The molecule has 1 N–H and O–H groups in total. The summed E-state index contributed by atoms with van der Waals surface area (Å²) in [6.45, 7) is 9.87. The first-order chi connectivity index (χ1) is 18.0. The lowest BCUT2D eigenvalue weighted by Crippen LogP contribution is -2.41. The van der Waals surface area contributed by atoms with E-state index >= 15 is 0 Å². The van der Waals surface area contributed by atoms with Crippen LogP contribution in [0.4, 0.5) is 16.2 Å². The van der Waals surface area contributed by atoms with Gasteiger partial charge in [-0.1, -0.05) is 47.5 Å². The standard InChI is InChI=1S/C30H29ClN4O3/c1-16-6-9-25-21(10-16)30(27(36)35(25)28(37)38-29(3,4)5)13-22(30)18-7-8-20-19(12-18)14-33-26(20)34-24-11-17(2)32-15-23(24)31/h6-12,15,22H,13-14H2,1-5H3,(H,32,33,34)/t22-,30-/m0/s1. The van der Waals surface area contributed by atoms with E-state index in [9.17, 15) is 9.59 Å². The second kappa shape index (κ2) is 8.40.